The monoisotopic (exact) mass is 438 g/mol. The van der Waals surface area contributed by atoms with Gasteiger partial charge < -0.3 is 14.4 Å². The summed E-state index contributed by atoms with van der Waals surface area (Å²) in [5, 5.41) is 0.523. The molecule has 1 aromatic rings. The Kier molecular flexibility index (Phi) is 5.81. The largest absolute Gasteiger partial charge is 0.444 e. The van der Waals surface area contributed by atoms with Gasteiger partial charge in [-0.25, -0.2) is 10.6 Å². The van der Waals surface area contributed by atoms with Gasteiger partial charge in [0.1, 0.15) is 11.2 Å². The van der Waals surface area contributed by atoms with Crippen molar-refractivity contribution >= 4 is 23.6 Å². The molecule has 9 heteroatoms. The van der Waals surface area contributed by atoms with Gasteiger partial charge in [0.15, 0.2) is 0 Å². The molecule has 0 bridgehead atoms. The number of nitrogens with zero attached hydrogens (tertiary/aromatic N) is 2. The van der Waals surface area contributed by atoms with Crippen LogP contribution in [-0.2, 0) is 19.9 Å². The van der Waals surface area contributed by atoms with E-state index >= 15 is 0 Å². The van der Waals surface area contributed by atoms with E-state index in [0.717, 1.165) is 11.3 Å². The minimum Gasteiger partial charge on any atom is -0.444 e. The van der Waals surface area contributed by atoms with E-state index in [9.17, 15) is 9.59 Å². The average Bonchev–Trinajstić information content (AvgIpc) is 2.94. The Balaban J connectivity index is 1.92. The molecule has 0 aliphatic carbocycles. The van der Waals surface area contributed by atoms with Crippen LogP contribution in [-0.4, -0.2) is 40.6 Å². The number of hydrogen-bond acceptors (Lipinski definition) is 6. The number of fused-ring (bicyclic) bond motifs is 2. The number of nitrogens with two attached hydrogens (primary N) is 1. The van der Waals surface area contributed by atoms with Gasteiger partial charge in [-0.05, 0) is 60.5 Å². The second-order valence-electron chi connectivity index (χ2n) is 9.65. The van der Waals surface area contributed by atoms with Crippen LogP contribution >= 0.6 is 11.6 Å². The maximum Gasteiger partial charge on any atom is 0.410 e. The Morgan fingerprint density at radius 2 is 1.90 bits per heavy atom. The first-order chi connectivity index (χ1) is 13.8. The molecule has 1 unspecified atom stereocenters. The highest BCUT2D eigenvalue weighted by molar-refractivity contribution is 6.31. The van der Waals surface area contributed by atoms with Gasteiger partial charge in [-0.3, -0.25) is 15.2 Å². The fraction of sp³-hybridized carbons (Fsp3) is 0.667. The van der Waals surface area contributed by atoms with Crippen molar-refractivity contribution < 1.29 is 19.1 Å². The van der Waals surface area contributed by atoms with Crippen molar-refractivity contribution in [2.45, 2.75) is 71.7 Å². The van der Waals surface area contributed by atoms with Crippen molar-refractivity contribution in [2.75, 3.05) is 13.1 Å². The van der Waals surface area contributed by atoms with E-state index in [1.807, 2.05) is 33.8 Å². The van der Waals surface area contributed by atoms with Crippen LogP contribution < -0.4 is 11.3 Å². The lowest BCUT2D eigenvalue weighted by Gasteiger charge is -2.40. The van der Waals surface area contributed by atoms with Crippen LogP contribution in [0.25, 0.3) is 0 Å². The molecule has 3 heterocycles. The number of piperidine rings is 1. The second kappa shape index (κ2) is 7.66. The van der Waals surface area contributed by atoms with E-state index in [1.165, 1.54) is 0 Å². The van der Waals surface area contributed by atoms with E-state index in [0.29, 0.717) is 36.6 Å². The van der Waals surface area contributed by atoms with Crippen molar-refractivity contribution in [1.29, 1.82) is 0 Å². The molecule has 1 atom stereocenters. The van der Waals surface area contributed by atoms with Crippen LogP contribution in [0.1, 0.15) is 70.5 Å². The summed E-state index contributed by atoms with van der Waals surface area (Å²) in [5.74, 6) is 5.08. The number of amides is 2. The van der Waals surface area contributed by atoms with Gasteiger partial charge in [-0.2, -0.15) is 0 Å². The number of hydrogen-bond donors (Lipinski definition) is 2. The third-order valence-corrected chi connectivity index (χ3v) is 6.22. The lowest BCUT2D eigenvalue weighted by Crippen LogP contribution is -2.48. The molecule has 2 aliphatic rings. The zero-order chi connectivity index (χ0) is 22.5. The molecule has 1 fully saturated rings. The molecule has 2 aliphatic heterocycles. The number of carbonyl (C=O) groups excluding carboxylic acids is 2. The fourth-order valence-electron chi connectivity index (χ4n) is 4.08. The Bertz CT molecular complexity index is 857. The van der Waals surface area contributed by atoms with Crippen molar-refractivity contribution in [3.63, 3.8) is 0 Å². The normalized spacial score (nSPS) is 20.8. The third-order valence-electron chi connectivity index (χ3n) is 5.83. The summed E-state index contributed by atoms with van der Waals surface area (Å²) in [4.78, 5) is 31.4. The smallest absolute Gasteiger partial charge is 0.410 e. The maximum atomic E-state index is 12.5. The van der Waals surface area contributed by atoms with Crippen molar-refractivity contribution in [3.05, 3.63) is 28.0 Å². The van der Waals surface area contributed by atoms with Gasteiger partial charge in [0, 0.05) is 18.7 Å². The Labute approximate surface area is 182 Å². The zero-order valence-electron chi connectivity index (χ0n) is 18.5. The third kappa shape index (κ3) is 4.00. The van der Waals surface area contributed by atoms with Gasteiger partial charge in [-0.1, -0.05) is 11.6 Å². The van der Waals surface area contributed by atoms with Crippen LogP contribution in [0.5, 0.6) is 0 Å². The van der Waals surface area contributed by atoms with Gasteiger partial charge in [0.05, 0.1) is 27.9 Å². The number of rotatable bonds is 2. The standard InChI is InChI=1S/C21H31ClN4O4/c1-12-14(22)11-13-15(24-12)21(29-16(13)20(5,6)17(27)25-23)7-9-26(10-8-21)18(28)30-19(2,3)4/h11,16H,7-10,23H2,1-6H3,(H,25,27). The summed E-state index contributed by atoms with van der Waals surface area (Å²) in [7, 11) is 0. The van der Waals surface area contributed by atoms with E-state index in [2.05, 4.69) is 5.43 Å². The van der Waals surface area contributed by atoms with Gasteiger partial charge in [-0.15, -0.1) is 0 Å². The molecule has 1 spiro atoms. The van der Waals surface area contributed by atoms with E-state index in [-0.39, 0.29) is 12.0 Å². The summed E-state index contributed by atoms with van der Waals surface area (Å²) in [5.41, 5.74) is 2.34. The van der Waals surface area contributed by atoms with Gasteiger partial charge in [0.25, 0.3) is 0 Å². The summed E-state index contributed by atoms with van der Waals surface area (Å²) in [6, 6.07) is 1.84. The quantitative estimate of drug-likeness (QED) is 0.416. The van der Waals surface area contributed by atoms with Crippen LogP contribution in [0, 0.1) is 12.3 Å². The highest BCUT2D eigenvalue weighted by Gasteiger charge is 2.54. The number of carbonyl (C=O) groups is 2. The van der Waals surface area contributed by atoms with E-state index in [1.54, 1.807) is 18.7 Å². The summed E-state index contributed by atoms with van der Waals surface area (Å²) in [6.07, 6.45) is 0.193. The summed E-state index contributed by atoms with van der Waals surface area (Å²) >= 11 is 6.36. The molecule has 8 nitrogen and oxygen atoms in total. The minimum absolute atomic E-state index is 0.335. The first kappa shape index (κ1) is 22.8. The summed E-state index contributed by atoms with van der Waals surface area (Å²) in [6.45, 7) is 11.9. The zero-order valence-corrected chi connectivity index (χ0v) is 19.2. The highest BCUT2D eigenvalue weighted by Crippen LogP contribution is 2.54. The summed E-state index contributed by atoms with van der Waals surface area (Å²) < 4.78 is 12.1. The highest BCUT2D eigenvalue weighted by atomic mass is 35.5. The average molecular weight is 439 g/mol. The molecular weight excluding hydrogens is 408 g/mol. The number of ether oxygens (including phenoxy) is 2. The van der Waals surface area contributed by atoms with Crippen molar-refractivity contribution in [1.82, 2.24) is 15.3 Å². The Morgan fingerprint density at radius 1 is 1.30 bits per heavy atom. The molecule has 1 aromatic heterocycles. The number of nitrogens with one attached hydrogen (secondary N) is 1. The van der Waals surface area contributed by atoms with Crippen LogP contribution in [0.3, 0.4) is 0 Å². The van der Waals surface area contributed by atoms with Crippen molar-refractivity contribution in [3.8, 4) is 0 Å². The Morgan fingerprint density at radius 3 is 2.43 bits per heavy atom. The first-order valence-corrected chi connectivity index (χ1v) is 10.5. The lowest BCUT2D eigenvalue weighted by molar-refractivity contribution is -0.161. The SMILES string of the molecule is Cc1nc2c(cc1Cl)C(C(C)(C)C(=O)NN)OC21CCN(C(=O)OC(C)(C)C)CC1. The predicted octanol–water partition coefficient (Wildman–Crippen LogP) is 3.36. The topological polar surface area (TPSA) is 107 Å². The molecule has 2 amide bonds. The molecular formula is C21H31ClN4O4. The predicted molar refractivity (Wildman–Crippen MR) is 113 cm³/mol. The molecule has 0 radical (unpaired) electrons. The Hall–Kier alpha value is -1.90. The molecule has 1 saturated heterocycles. The fourth-order valence-corrected chi connectivity index (χ4v) is 4.24. The maximum absolute atomic E-state index is 12.5. The van der Waals surface area contributed by atoms with E-state index < -0.39 is 22.7 Å². The van der Waals surface area contributed by atoms with E-state index in [4.69, 9.17) is 31.9 Å². The molecule has 30 heavy (non-hydrogen) atoms. The van der Waals surface area contributed by atoms with Gasteiger partial charge in [0.2, 0.25) is 5.91 Å². The molecule has 166 valence electrons. The van der Waals surface area contributed by atoms with Crippen LogP contribution in [0.2, 0.25) is 5.02 Å². The second-order valence-corrected chi connectivity index (χ2v) is 10.1. The molecule has 3 N–H and O–H groups in total. The van der Waals surface area contributed by atoms with Crippen LogP contribution in [0.4, 0.5) is 4.79 Å². The number of halogens is 1. The van der Waals surface area contributed by atoms with Gasteiger partial charge >= 0.3 is 6.09 Å². The lowest BCUT2D eigenvalue weighted by atomic mass is 9.81. The number of likely N-dealkylation sites (tertiary alicyclic amines) is 1. The minimum atomic E-state index is -0.935. The number of aryl methyl sites for hydroxylation is 1. The van der Waals surface area contributed by atoms with Crippen LogP contribution in [0.15, 0.2) is 6.07 Å². The number of hydrazine groups is 1. The first-order valence-electron chi connectivity index (χ1n) is 10.1. The van der Waals surface area contributed by atoms with Crippen molar-refractivity contribution in [2.24, 2.45) is 11.3 Å². The molecule has 0 saturated carbocycles. The molecule has 0 aromatic carbocycles. The number of aromatic nitrogens is 1. The number of pyridine rings is 1. The molecule has 3 rings (SSSR count).